The molecule has 1 fully saturated rings. The lowest BCUT2D eigenvalue weighted by molar-refractivity contribution is -0.140. The van der Waals surface area contributed by atoms with Gasteiger partial charge in [0.15, 0.2) is 16.7 Å². The van der Waals surface area contributed by atoms with Gasteiger partial charge in [0.2, 0.25) is 0 Å². The highest BCUT2D eigenvalue weighted by Gasteiger charge is 2.21. The highest BCUT2D eigenvalue weighted by atomic mass is 35.5. The number of thiazole rings is 1. The van der Waals surface area contributed by atoms with Gasteiger partial charge in [-0.1, -0.05) is 18.2 Å². The van der Waals surface area contributed by atoms with E-state index in [0.29, 0.717) is 29.7 Å². The quantitative estimate of drug-likeness (QED) is 0.240. The average Bonchev–Trinajstić information content (AvgIpc) is 3.30. The second-order valence-corrected chi connectivity index (χ2v) is 9.91. The van der Waals surface area contributed by atoms with Crippen LogP contribution < -0.4 is 10.1 Å². The van der Waals surface area contributed by atoms with Crippen molar-refractivity contribution in [1.82, 2.24) is 14.9 Å². The van der Waals surface area contributed by atoms with Crippen LogP contribution >= 0.6 is 47.9 Å². The number of pyridine rings is 1. The Balaban J connectivity index is 0.00000216. The van der Waals surface area contributed by atoms with Crippen LogP contribution in [-0.2, 0) is 9.53 Å². The van der Waals surface area contributed by atoms with Gasteiger partial charge in [-0.05, 0) is 51.2 Å². The van der Waals surface area contributed by atoms with Crippen LogP contribution in [0.1, 0.15) is 30.9 Å². The number of halogens is 2. The maximum atomic E-state index is 11.4. The number of esters is 1. The Morgan fingerprint density at radius 3 is 2.69 bits per heavy atom. The van der Waals surface area contributed by atoms with E-state index in [0.717, 1.165) is 47.4 Å². The zero-order chi connectivity index (χ0) is 23.0. The van der Waals surface area contributed by atoms with Gasteiger partial charge in [-0.3, -0.25) is 4.79 Å². The third-order valence-corrected chi connectivity index (χ3v) is 7.23. The molecule has 0 unspecified atom stereocenters. The van der Waals surface area contributed by atoms with Gasteiger partial charge < -0.3 is 19.7 Å². The third kappa shape index (κ3) is 8.54. The Bertz CT molecular complexity index is 1060. The molecule has 4 rings (SSSR count). The van der Waals surface area contributed by atoms with E-state index in [9.17, 15) is 4.79 Å². The number of para-hydroxylation sites is 1. The van der Waals surface area contributed by atoms with Crippen LogP contribution in [0.2, 0.25) is 0 Å². The number of rotatable bonds is 9. The fourth-order valence-corrected chi connectivity index (χ4v) is 5.20. The monoisotopic (exact) mass is 556 g/mol. The van der Waals surface area contributed by atoms with Crippen molar-refractivity contribution in [3.63, 3.8) is 0 Å². The molecule has 190 valence electrons. The molecule has 11 heteroatoms. The molecule has 1 saturated heterocycles. The molecule has 2 aromatic heterocycles. The van der Waals surface area contributed by atoms with Crippen LogP contribution in [0.5, 0.6) is 11.5 Å². The molecule has 0 spiro atoms. The third-order valence-electron chi connectivity index (χ3n) is 5.49. The number of thioether (sulfide) groups is 1. The maximum Gasteiger partial charge on any atom is 0.306 e. The van der Waals surface area contributed by atoms with E-state index in [1.807, 2.05) is 36.4 Å². The van der Waals surface area contributed by atoms with Crippen LogP contribution in [-0.4, -0.2) is 53.8 Å². The van der Waals surface area contributed by atoms with E-state index in [-0.39, 0.29) is 30.8 Å². The van der Waals surface area contributed by atoms with Crippen molar-refractivity contribution in [2.75, 3.05) is 38.3 Å². The van der Waals surface area contributed by atoms with Crippen molar-refractivity contribution in [1.29, 1.82) is 0 Å². The van der Waals surface area contributed by atoms with Crippen LogP contribution in [0.4, 0.5) is 10.9 Å². The Morgan fingerprint density at radius 1 is 1.23 bits per heavy atom. The zero-order valence-electron chi connectivity index (χ0n) is 19.6. The number of ether oxygens (including phenoxy) is 2. The van der Waals surface area contributed by atoms with Crippen LogP contribution in [0.25, 0.3) is 0 Å². The van der Waals surface area contributed by atoms with Gasteiger partial charge in [0.1, 0.15) is 5.75 Å². The number of methoxy groups -OCH3 is 1. The summed E-state index contributed by atoms with van der Waals surface area (Å²) >= 11 is 3.13. The molecule has 0 radical (unpaired) electrons. The lowest BCUT2D eigenvalue weighted by Crippen LogP contribution is -2.29. The van der Waals surface area contributed by atoms with Crippen molar-refractivity contribution in [3.05, 3.63) is 53.7 Å². The fraction of sp³-hybridized carbons (Fsp3) is 0.375. The first kappa shape index (κ1) is 29.2. The molecule has 0 aliphatic carbocycles. The van der Waals surface area contributed by atoms with E-state index in [4.69, 9.17) is 14.5 Å². The molecule has 0 bridgehead atoms. The van der Waals surface area contributed by atoms with Crippen LogP contribution in [0.15, 0.2) is 52.9 Å². The molecule has 7 nitrogen and oxygen atoms in total. The number of piperidine rings is 1. The second kappa shape index (κ2) is 14.5. The number of hydrogen-bond acceptors (Lipinski definition) is 9. The minimum atomic E-state index is -0.223. The molecule has 1 N–H and O–H groups in total. The number of benzene rings is 1. The number of nitrogens with zero attached hydrogens (tertiary/aromatic N) is 3. The molecule has 1 aliphatic heterocycles. The van der Waals surface area contributed by atoms with E-state index < -0.39 is 0 Å². The fourth-order valence-electron chi connectivity index (χ4n) is 3.58. The summed E-state index contributed by atoms with van der Waals surface area (Å²) in [5.41, 5.74) is 1.15. The first-order chi connectivity index (χ1) is 16.1. The van der Waals surface area contributed by atoms with E-state index in [2.05, 4.69) is 27.6 Å². The summed E-state index contributed by atoms with van der Waals surface area (Å²) in [4.78, 5) is 24.1. The minimum Gasteiger partial charge on any atom is -0.469 e. The molecule has 1 aromatic carbocycles. The molecule has 0 amide bonds. The Hall–Kier alpha value is -2.04. The molecule has 3 aromatic rings. The zero-order valence-corrected chi connectivity index (χ0v) is 22.9. The normalized spacial score (nSPS) is 13.9. The van der Waals surface area contributed by atoms with Crippen molar-refractivity contribution < 1.29 is 14.3 Å². The van der Waals surface area contributed by atoms with Crippen molar-refractivity contribution >= 4 is 64.8 Å². The largest absolute Gasteiger partial charge is 0.469 e. The van der Waals surface area contributed by atoms with Crippen molar-refractivity contribution in [2.24, 2.45) is 0 Å². The summed E-state index contributed by atoms with van der Waals surface area (Å²) in [6, 6.07) is 11.6. The predicted molar refractivity (Wildman–Crippen MR) is 147 cm³/mol. The SMILES string of the molecule is COC(=O)CCSc1cnc(Nc2nc(C3CCN(C)CC3)cs2)c(Oc2ccccc2)c1.Cl.Cl. The van der Waals surface area contributed by atoms with E-state index in [1.165, 1.54) is 18.9 Å². The smallest absolute Gasteiger partial charge is 0.306 e. The van der Waals surface area contributed by atoms with E-state index >= 15 is 0 Å². The van der Waals surface area contributed by atoms with Crippen LogP contribution in [0, 0.1) is 0 Å². The van der Waals surface area contributed by atoms with Gasteiger partial charge >= 0.3 is 5.97 Å². The highest BCUT2D eigenvalue weighted by molar-refractivity contribution is 7.99. The Labute approximate surface area is 226 Å². The summed E-state index contributed by atoms with van der Waals surface area (Å²) in [6.45, 7) is 2.22. The van der Waals surface area contributed by atoms with Gasteiger partial charge in [-0.2, -0.15) is 0 Å². The summed E-state index contributed by atoms with van der Waals surface area (Å²) in [7, 11) is 3.57. The summed E-state index contributed by atoms with van der Waals surface area (Å²) in [6.07, 6.45) is 4.40. The first-order valence-electron chi connectivity index (χ1n) is 10.9. The number of likely N-dealkylation sites (tertiary alicyclic amines) is 1. The lowest BCUT2D eigenvalue weighted by atomic mass is 9.95. The number of aromatic nitrogens is 2. The Morgan fingerprint density at radius 2 is 1.97 bits per heavy atom. The molecule has 0 atom stereocenters. The number of carbonyl (C=O) groups excluding carboxylic acids is 1. The Kier molecular flexibility index (Phi) is 12.1. The standard InChI is InChI=1S/C24H28N4O3S2.2ClH/c1-28-11-8-17(9-12-28)20-16-33-24(26-20)27-23-21(31-18-6-4-3-5-7-18)14-19(15-25-23)32-13-10-22(29)30-2;;/h3-7,14-17H,8-13H2,1-2H3,(H,25,26,27);2*1H. The molecular formula is C24H30Cl2N4O3S2. The summed E-state index contributed by atoms with van der Waals surface area (Å²) in [5.74, 6) is 2.84. The number of anilines is 2. The summed E-state index contributed by atoms with van der Waals surface area (Å²) < 4.78 is 10.9. The molecular weight excluding hydrogens is 527 g/mol. The minimum absolute atomic E-state index is 0. The molecule has 35 heavy (non-hydrogen) atoms. The maximum absolute atomic E-state index is 11.4. The predicted octanol–water partition coefficient (Wildman–Crippen LogP) is 6.38. The van der Waals surface area contributed by atoms with Gasteiger partial charge in [-0.15, -0.1) is 47.9 Å². The van der Waals surface area contributed by atoms with Gasteiger partial charge in [-0.25, -0.2) is 9.97 Å². The van der Waals surface area contributed by atoms with E-state index in [1.54, 1.807) is 17.5 Å². The van der Waals surface area contributed by atoms with Gasteiger partial charge in [0.05, 0.1) is 19.2 Å². The average molecular weight is 558 g/mol. The highest BCUT2D eigenvalue weighted by Crippen LogP contribution is 2.36. The lowest BCUT2D eigenvalue weighted by Gasteiger charge is -2.27. The van der Waals surface area contributed by atoms with Crippen molar-refractivity contribution in [2.45, 2.75) is 30.1 Å². The number of nitrogens with one attached hydrogen (secondary N) is 1. The van der Waals surface area contributed by atoms with Gasteiger partial charge in [0, 0.05) is 28.1 Å². The number of carbonyl (C=O) groups is 1. The van der Waals surface area contributed by atoms with Crippen molar-refractivity contribution in [3.8, 4) is 11.5 Å². The topological polar surface area (TPSA) is 76.6 Å². The summed E-state index contributed by atoms with van der Waals surface area (Å²) in [5, 5.41) is 6.30. The molecule has 1 aliphatic rings. The first-order valence-corrected chi connectivity index (χ1v) is 12.8. The van der Waals surface area contributed by atoms with Gasteiger partial charge in [0.25, 0.3) is 0 Å². The molecule has 3 heterocycles. The second-order valence-electron chi connectivity index (χ2n) is 7.89. The molecule has 0 saturated carbocycles. The number of hydrogen-bond donors (Lipinski definition) is 1. The van der Waals surface area contributed by atoms with Crippen LogP contribution in [0.3, 0.4) is 0 Å².